The molecule has 6 nitrogen and oxygen atoms in total. The van der Waals surface area contributed by atoms with Gasteiger partial charge in [-0.3, -0.25) is 4.98 Å². The van der Waals surface area contributed by atoms with Crippen LogP contribution in [-0.4, -0.2) is 28.0 Å². The van der Waals surface area contributed by atoms with Crippen molar-refractivity contribution in [3.05, 3.63) is 54.5 Å². The number of nitrogens with one attached hydrogen (secondary N) is 1. The fraction of sp³-hybridized carbons (Fsp3) is 0.375. The maximum absolute atomic E-state index is 5.88. The highest BCUT2D eigenvalue weighted by molar-refractivity contribution is 5.67. The lowest BCUT2D eigenvalue weighted by atomic mass is 10.2. The van der Waals surface area contributed by atoms with E-state index in [1.807, 2.05) is 71.3 Å². The lowest BCUT2D eigenvalue weighted by molar-refractivity contribution is 0.949. The standard InChI is InChI=1S/C20H22N6.2C2H6/c1-14-4-5-16(21)11-19(14)25-20-23-7-6-18(24-20)15-10-17(13-22-12-15)26-8-2-3-9-26;2*1-2/h4-7,10-13H,2-3,8-9,21H2,1H3,(H,23,24,25);2*1-2H3. The van der Waals surface area contributed by atoms with Crippen molar-refractivity contribution in [3.8, 4) is 11.3 Å². The fourth-order valence-corrected chi connectivity index (χ4v) is 3.19. The third-order valence-electron chi connectivity index (χ3n) is 4.65. The first-order chi connectivity index (χ1) is 14.7. The Morgan fingerprint density at radius 2 is 1.70 bits per heavy atom. The highest BCUT2D eigenvalue weighted by atomic mass is 15.1. The van der Waals surface area contributed by atoms with E-state index in [1.54, 1.807) is 6.20 Å². The molecule has 1 fully saturated rings. The Hall–Kier alpha value is -3.15. The summed E-state index contributed by atoms with van der Waals surface area (Å²) >= 11 is 0. The summed E-state index contributed by atoms with van der Waals surface area (Å²) in [5.41, 5.74) is 11.6. The Kier molecular flexibility index (Phi) is 9.06. The molecule has 3 aromatic rings. The minimum absolute atomic E-state index is 0.544. The summed E-state index contributed by atoms with van der Waals surface area (Å²) in [4.78, 5) is 15.8. The van der Waals surface area contributed by atoms with E-state index in [9.17, 15) is 0 Å². The van der Waals surface area contributed by atoms with Crippen LogP contribution in [0.1, 0.15) is 46.1 Å². The quantitative estimate of drug-likeness (QED) is 0.531. The number of rotatable bonds is 4. The number of hydrogen-bond acceptors (Lipinski definition) is 6. The Morgan fingerprint density at radius 3 is 2.43 bits per heavy atom. The summed E-state index contributed by atoms with van der Waals surface area (Å²) in [5.74, 6) is 0.544. The number of nitrogens with two attached hydrogens (primary N) is 1. The number of benzene rings is 1. The largest absolute Gasteiger partial charge is 0.399 e. The second-order valence-corrected chi connectivity index (χ2v) is 6.59. The van der Waals surface area contributed by atoms with Crippen molar-refractivity contribution in [3.63, 3.8) is 0 Å². The third-order valence-corrected chi connectivity index (χ3v) is 4.65. The molecule has 30 heavy (non-hydrogen) atoms. The molecule has 6 heteroatoms. The lowest BCUT2D eigenvalue weighted by Gasteiger charge is -2.17. The molecule has 0 aliphatic carbocycles. The second kappa shape index (κ2) is 11.8. The van der Waals surface area contributed by atoms with Gasteiger partial charge in [-0.15, -0.1) is 0 Å². The molecule has 1 saturated heterocycles. The second-order valence-electron chi connectivity index (χ2n) is 6.59. The van der Waals surface area contributed by atoms with Crippen LogP contribution < -0.4 is 16.0 Å². The fourth-order valence-electron chi connectivity index (χ4n) is 3.19. The molecule has 0 spiro atoms. The predicted octanol–water partition coefficient (Wildman–Crippen LogP) is 5.83. The normalized spacial score (nSPS) is 12.4. The monoisotopic (exact) mass is 406 g/mol. The highest BCUT2D eigenvalue weighted by Crippen LogP contribution is 2.26. The molecule has 1 aliphatic rings. The first-order valence-electron chi connectivity index (χ1n) is 10.9. The highest BCUT2D eigenvalue weighted by Gasteiger charge is 2.14. The molecule has 1 aromatic carbocycles. The maximum Gasteiger partial charge on any atom is 0.227 e. The van der Waals surface area contributed by atoms with Crippen molar-refractivity contribution in [1.29, 1.82) is 0 Å². The van der Waals surface area contributed by atoms with E-state index in [1.165, 1.54) is 12.8 Å². The van der Waals surface area contributed by atoms with Crippen LogP contribution in [0, 0.1) is 6.92 Å². The van der Waals surface area contributed by atoms with Crippen LogP contribution in [0.15, 0.2) is 48.9 Å². The van der Waals surface area contributed by atoms with Crippen molar-refractivity contribution in [1.82, 2.24) is 15.0 Å². The van der Waals surface area contributed by atoms with Crippen LogP contribution in [0.25, 0.3) is 11.3 Å². The third kappa shape index (κ3) is 5.92. The topological polar surface area (TPSA) is 80.0 Å². The van der Waals surface area contributed by atoms with E-state index < -0.39 is 0 Å². The van der Waals surface area contributed by atoms with Gasteiger partial charge in [0.2, 0.25) is 5.95 Å². The lowest BCUT2D eigenvalue weighted by Crippen LogP contribution is -2.17. The van der Waals surface area contributed by atoms with Gasteiger partial charge in [-0.25, -0.2) is 9.97 Å². The molecule has 0 radical (unpaired) electrons. The number of anilines is 4. The van der Waals surface area contributed by atoms with Crippen LogP contribution >= 0.6 is 0 Å². The molecule has 0 saturated carbocycles. The minimum atomic E-state index is 0.544. The molecular weight excluding hydrogens is 372 g/mol. The smallest absolute Gasteiger partial charge is 0.227 e. The maximum atomic E-state index is 5.88. The van der Waals surface area contributed by atoms with Crippen LogP contribution in [0.2, 0.25) is 0 Å². The van der Waals surface area contributed by atoms with E-state index in [-0.39, 0.29) is 0 Å². The van der Waals surface area contributed by atoms with E-state index >= 15 is 0 Å². The first-order valence-corrected chi connectivity index (χ1v) is 10.9. The molecule has 0 atom stereocenters. The first kappa shape index (κ1) is 23.1. The number of nitrogen functional groups attached to an aromatic ring is 1. The van der Waals surface area contributed by atoms with Gasteiger partial charge in [0.1, 0.15) is 0 Å². The molecule has 2 aromatic heterocycles. The SMILES string of the molecule is CC.CC.Cc1ccc(N)cc1Nc1nccc(-c2cncc(N3CCCC3)c2)n1. The summed E-state index contributed by atoms with van der Waals surface area (Å²) in [6.45, 7) is 12.2. The van der Waals surface area contributed by atoms with E-state index in [0.29, 0.717) is 11.6 Å². The molecule has 4 rings (SSSR count). The van der Waals surface area contributed by atoms with Crippen molar-refractivity contribution in [2.75, 3.05) is 29.0 Å². The van der Waals surface area contributed by atoms with Gasteiger partial charge in [0, 0.05) is 42.4 Å². The molecule has 3 N–H and O–H groups in total. The van der Waals surface area contributed by atoms with Gasteiger partial charge >= 0.3 is 0 Å². The van der Waals surface area contributed by atoms with Crippen molar-refractivity contribution in [2.24, 2.45) is 0 Å². The van der Waals surface area contributed by atoms with Crippen molar-refractivity contribution < 1.29 is 0 Å². The summed E-state index contributed by atoms with van der Waals surface area (Å²) < 4.78 is 0. The molecule has 1 aliphatic heterocycles. The van der Waals surface area contributed by atoms with Crippen LogP contribution in [0.4, 0.5) is 23.0 Å². The van der Waals surface area contributed by atoms with Crippen molar-refractivity contribution >= 4 is 23.0 Å². The van der Waals surface area contributed by atoms with Gasteiger partial charge in [-0.1, -0.05) is 33.8 Å². The van der Waals surface area contributed by atoms with Gasteiger partial charge in [0.15, 0.2) is 0 Å². The number of hydrogen-bond donors (Lipinski definition) is 2. The zero-order chi connectivity index (χ0) is 21.9. The molecule has 160 valence electrons. The zero-order valence-corrected chi connectivity index (χ0v) is 18.8. The zero-order valence-electron chi connectivity index (χ0n) is 18.8. The van der Waals surface area contributed by atoms with E-state index in [2.05, 4.69) is 31.2 Å². The average molecular weight is 407 g/mol. The molecule has 0 bridgehead atoms. The van der Waals surface area contributed by atoms with E-state index in [4.69, 9.17) is 5.73 Å². The van der Waals surface area contributed by atoms with Gasteiger partial charge in [0.05, 0.1) is 17.6 Å². The van der Waals surface area contributed by atoms with E-state index in [0.717, 1.165) is 41.3 Å². The van der Waals surface area contributed by atoms with Gasteiger partial charge < -0.3 is 16.0 Å². The Labute approximate surface area is 180 Å². The molecule has 0 unspecified atom stereocenters. The number of nitrogens with zero attached hydrogens (tertiary/aromatic N) is 4. The Morgan fingerprint density at radius 1 is 0.967 bits per heavy atom. The van der Waals surface area contributed by atoms with Gasteiger partial charge in [-0.2, -0.15) is 0 Å². The van der Waals surface area contributed by atoms with Gasteiger partial charge in [-0.05, 0) is 49.6 Å². The molecule has 0 amide bonds. The van der Waals surface area contributed by atoms with Crippen molar-refractivity contribution in [2.45, 2.75) is 47.5 Å². The number of aromatic nitrogens is 3. The summed E-state index contributed by atoms with van der Waals surface area (Å²) in [5, 5.41) is 3.26. The average Bonchev–Trinajstić information content (AvgIpc) is 3.35. The van der Waals surface area contributed by atoms with Crippen LogP contribution in [0.5, 0.6) is 0 Å². The summed E-state index contributed by atoms with van der Waals surface area (Å²) in [6.07, 6.45) is 8.01. The molecule has 3 heterocycles. The number of aryl methyl sites for hydroxylation is 1. The minimum Gasteiger partial charge on any atom is -0.399 e. The number of pyridine rings is 1. The summed E-state index contributed by atoms with van der Waals surface area (Å²) in [7, 11) is 0. The van der Waals surface area contributed by atoms with Crippen LogP contribution in [-0.2, 0) is 0 Å². The molecular formula is C24H34N6. The Balaban J connectivity index is 0.000000757. The predicted molar refractivity (Wildman–Crippen MR) is 128 cm³/mol. The van der Waals surface area contributed by atoms with Crippen LogP contribution in [0.3, 0.4) is 0 Å². The van der Waals surface area contributed by atoms with Gasteiger partial charge in [0.25, 0.3) is 0 Å². The summed E-state index contributed by atoms with van der Waals surface area (Å²) in [6, 6.07) is 9.80. The Bertz CT molecular complexity index is 919.